The molecule has 0 aromatic carbocycles. The van der Waals surface area contributed by atoms with Gasteiger partial charge < -0.3 is 0 Å². The molecule has 0 bridgehead atoms. The van der Waals surface area contributed by atoms with Gasteiger partial charge in [0, 0.05) is 12.8 Å². The summed E-state index contributed by atoms with van der Waals surface area (Å²) in [5, 5.41) is 0. The van der Waals surface area contributed by atoms with Crippen LogP contribution in [-0.2, 0) is 4.79 Å². The van der Waals surface area contributed by atoms with Gasteiger partial charge in [-0.3, -0.25) is 4.79 Å². The van der Waals surface area contributed by atoms with E-state index in [0.717, 1.165) is 18.8 Å². The number of carbonyl (C=O) groups is 1. The summed E-state index contributed by atoms with van der Waals surface area (Å²) >= 11 is 0. The standard InChI is InChI=1S/C11H16O/c12-11-7-5-9-3-1-2-4-10(9)6-8-11/h5,10H,1-4,6-8H2. The van der Waals surface area contributed by atoms with E-state index in [1.807, 2.05) is 0 Å². The fourth-order valence-electron chi connectivity index (χ4n) is 2.39. The van der Waals surface area contributed by atoms with Crippen LogP contribution < -0.4 is 0 Å². The molecule has 0 aromatic rings. The van der Waals surface area contributed by atoms with Crippen molar-refractivity contribution in [3.05, 3.63) is 11.6 Å². The normalized spacial score (nSPS) is 30.5. The molecule has 0 N–H and O–H groups in total. The highest BCUT2D eigenvalue weighted by Crippen LogP contribution is 2.34. The summed E-state index contributed by atoms with van der Waals surface area (Å²) in [6.45, 7) is 0. The highest BCUT2D eigenvalue weighted by Gasteiger charge is 2.21. The van der Waals surface area contributed by atoms with Gasteiger partial charge in [0.1, 0.15) is 5.78 Å². The molecule has 12 heavy (non-hydrogen) atoms. The van der Waals surface area contributed by atoms with E-state index in [0.29, 0.717) is 12.2 Å². The van der Waals surface area contributed by atoms with Crippen molar-refractivity contribution in [1.82, 2.24) is 0 Å². The Morgan fingerprint density at radius 1 is 1.17 bits per heavy atom. The van der Waals surface area contributed by atoms with Crippen molar-refractivity contribution in [2.24, 2.45) is 5.92 Å². The molecule has 0 aliphatic heterocycles. The molecule has 1 heteroatoms. The first-order valence-corrected chi connectivity index (χ1v) is 5.07. The van der Waals surface area contributed by atoms with Crippen molar-refractivity contribution in [2.75, 3.05) is 0 Å². The predicted octanol–water partition coefficient (Wildman–Crippen LogP) is 2.86. The van der Waals surface area contributed by atoms with Crippen molar-refractivity contribution in [1.29, 1.82) is 0 Å². The zero-order valence-electron chi connectivity index (χ0n) is 7.51. The smallest absolute Gasteiger partial charge is 0.136 e. The molecule has 0 radical (unpaired) electrons. The van der Waals surface area contributed by atoms with Crippen molar-refractivity contribution < 1.29 is 4.79 Å². The van der Waals surface area contributed by atoms with Crippen LogP contribution in [0.2, 0.25) is 0 Å². The Kier molecular flexibility index (Phi) is 2.29. The molecule has 0 amide bonds. The third-order valence-electron chi connectivity index (χ3n) is 3.16. The maximum atomic E-state index is 11.2. The fraction of sp³-hybridized carbons (Fsp3) is 0.727. The second kappa shape index (κ2) is 3.42. The Morgan fingerprint density at radius 2 is 2.08 bits per heavy atom. The molecule has 1 unspecified atom stereocenters. The molecule has 0 aromatic heterocycles. The van der Waals surface area contributed by atoms with Gasteiger partial charge >= 0.3 is 0 Å². The summed E-state index contributed by atoms with van der Waals surface area (Å²) in [4.78, 5) is 11.2. The van der Waals surface area contributed by atoms with Gasteiger partial charge in [-0.1, -0.05) is 18.1 Å². The van der Waals surface area contributed by atoms with E-state index in [2.05, 4.69) is 6.08 Å². The molecule has 0 saturated heterocycles. The average Bonchev–Trinajstić information content (AvgIpc) is 2.29. The van der Waals surface area contributed by atoms with Gasteiger partial charge in [0.2, 0.25) is 0 Å². The lowest BCUT2D eigenvalue weighted by atomic mass is 9.82. The number of hydrogen-bond acceptors (Lipinski definition) is 1. The molecule has 0 heterocycles. The maximum absolute atomic E-state index is 11.2. The Hall–Kier alpha value is -0.590. The van der Waals surface area contributed by atoms with Gasteiger partial charge in [0.15, 0.2) is 0 Å². The molecular formula is C11H16O. The van der Waals surface area contributed by atoms with E-state index in [1.165, 1.54) is 25.7 Å². The molecule has 1 saturated carbocycles. The highest BCUT2D eigenvalue weighted by molar-refractivity contribution is 5.80. The molecule has 66 valence electrons. The van der Waals surface area contributed by atoms with Crippen LogP contribution in [0.1, 0.15) is 44.9 Å². The van der Waals surface area contributed by atoms with Crippen LogP contribution in [0.5, 0.6) is 0 Å². The number of allylic oxidation sites excluding steroid dienone is 2. The minimum Gasteiger partial charge on any atom is -0.299 e. The predicted molar refractivity (Wildman–Crippen MR) is 48.9 cm³/mol. The van der Waals surface area contributed by atoms with Gasteiger partial charge in [0.25, 0.3) is 0 Å². The SMILES string of the molecule is O=C1CC=C2CCCCC2CC1. The number of carbonyl (C=O) groups excluding carboxylic acids is 1. The lowest BCUT2D eigenvalue weighted by Crippen LogP contribution is -2.09. The van der Waals surface area contributed by atoms with Crippen molar-refractivity contribution in [3.63, 3.8) is 0 Å². The Labute approximate surface area is 73.8 Å². The number of ketones is 1. The first kappa shape index (κ1) is 8.03. The van der Waals surface area contributed by atoms with Crippen LogP contribution in [0.15, 0.2) is 11.6 Å². The van der Waals surface area contributed by atoms with Crippen LogP contribution in [0, 0.1) is 5.92 Å². The molecular weight excluding hydrogens is 148 g/mol. The number of Topliss-reactive ketones (excluding diaryl/α,β-unsaturated/α-hetero) is 1. The third-order valence-corrected chi connectivity index (χ3v) is 3.16. The number of fused-ring (bicyclic) bond motifs is 1. The lowest BCUT2D eigenvalue weighted by molar-refractivity contribution is -0.118. The quantitative estimate of drug-likeness (QED) is 0.503. The third kappa shape index (κ3) is 1.60. The van der Waals surface area contributed by atoms with Gasteiger partial charge in [0.05, 0.1) is 0 Å². The zero-order valence-corrected chi connectivity index (χ0v) is 7.51. The first-order valence-electron chi connectivity index (χ1n) is 5.07. The maximum Gasteiger partial charge on any atom is 0.136 e. The van der Waals surface area contributed by atoms with Gasteiger partial charge in [-0.05, 0) is 31.6 Å². The molecule has 1 atom stereocenters. The molecule has 2 aliphatic rings. The summed E-state index contributed by atoms with van der Waals surface area (Å²) in [6, 6.07) is 0. The summed E-state index contributed by atoms with van der Waals surface area (Å²) in [6.07, 6.45) is 10.2. The second-order valence-corrected chi connectivity index (χ2v) is 4.00. The minimum absolute atomic E-state index is 0.442. The van der Waals surface area contributed by atoms with Crippen LogP contribution in [0.4, 0.5) is 0 Å². The molecule has 1 nitrogen and oxygen atoms in total. The molecule has 2 rings (SSSR count). The summed E-state index contributed by atoms with van der Waals surface area (Å²) < 4.78 is 0. The van der Waals surface area contributed by atoms with E-state index in [9.17, 15) is 4.79 Å². The molecule has 1 fully saturated rings. The van der Waals surface area contributed by atoms with Crippen molar-refractivity contribution in [2.45, 2.75) is 44.9 Å². The Bertz CT molecular complexity index is 215. The summed E-state index contributed by atoms with van der Waals surface area (Å²) in [7, 11) is 0. The van der Waals surface area contributed by atoms with E-state index < -0.39 is 0 Å². The highest BCUT2D eigenvalue weighted by atomic mass is 16.1. The number of hydrogen-bond donors (Lipinski definition) is 0. The Balaban J connectivity index is 2.10. The van der Waals surface area contributed by atoms with E-state index in [1.54, 1.807) is 5.57 Å². The van der Waals surface area contributed by atoms with Crippen molar-refractivity contribution in [3.8, 4) is 0 Å². The summed E-state index contributed by atoms with van der Waals surface area (Å²) in [5.74, 6) is 1.21. The van der Waals surface area contributed by atoms with Crippen LogP contribution in [0.3, 0.4) is 0 Å². The summed E-state index contributed by atoms with van der Waals surface area (Å²) in [5.41, 5.74) is 1.59. The van der Waals surface area contributed by atoms with Gasteiger partial charge in [-0.15, -0.1) is 0 Å². The second-order valence-electron chi connectivity index (χ2n) is 4.00. The van der Waals surface area contributed by atoms with Gasteiger partial charge in [-0.2, -0.15) is 0 Å². The lowest BCUT2D eigenvalue weighted by Gasteiger charge is -2.23. The molecule has 0 spiro atoms. The molecule has 2 aliphatic carbocycles. The minimum atomic E-state index is 0.442. The first-order chi connectivity index (χ1) is 5.86. The van der Waals surface area contributed by atoms with Crippen LogP contribution >= 0.6 is 0 Å². The van der Waals surface area contributed by atoms with E-state index >= 15 is 0 Å². The monoisotopic (exact) mass is 164 g/mol. The number of rotatable bonds is 0. The van der Waals surface area contributed by atoms with E-state index in [-0.39, 0.29) is 0 Å². The average molecular weight is 164 g/mol. The van der Waals surface area contributed by atoms with Gasteiger partial charge in [-0.25, -0.2) is 0 Å². The van der Waals surface area contributed by atoms with Crippen molar-refractivity contribution >= 4 is 5.78 Å². The Morgan fingerprint density at radius 3 is 3.00 bits per heavy atom. The van der Waals surface area contributed by atoms with Crippen LogP contribution in [0.25, 0.3) is 0 Å². The zero-order chi connectivity index (χ0) is 8.39. The topological polar surface area (TPSA) is 17.1 Å². The fourth-order valence-corrected chi connectivity index (χ4v) is 2.39. The van der Waals surface area contributed by atoms with Crippen LogP contribution in [-0.4, -0.2) is 5.78 Å². The largest absolute Gasteiger partial charge is 0.299 e. The van der Waals surface area contributed by atoms with E-state index in [4.69, 9.17) is 0 Å².